The monoisotopic (exact) mass is 252 g/mol. The van der Waals surface area contributed by atoms with E-state index in [9.17, 15) is 0 Å². The third kappa shape index (κ3) is 4.15. The van der Waals surface area contributed by atoms with Crippen molar-refractivity contribution in [2.45, 2.75) is 18.9 Å². The van der Waals surface area contributed by atoms with Gasteiger partial charge in [-0.05, 0) is 24.9 Å². The van der Waals surface area contributed by atoms with E-state index in [2.05, 4.69) is 41.3 Å². The van der Waals surface area contributed by atoms with Gasteiger partial charge in [-0.2, -0.15) is 0 Å². The molecular weight excluding hydrogens is 232 g/mol. The number of rotatable bonds is 4. The molecule has 0 amide bonds. The molecule has 0 saturated carbocycles. The Balaban J connectivity index is 0.00000144. The van der Waals surface area contributed by atoms with Crippen LogP contribution in [0.5, 0.6) is 0 Å². The van der Waals surface area contributed by atoms with Crippen molar-refractivity contribution in [3.05, 3.63) is 42.0 Å². The van der Waals surface area contributed by atoms with Crippen molar-refractivity contribution in [3.8, 4) is 0 Å². The Kier molecular flexibility index (Phi) is 6.27. The van der Waals surface area contributed by atoms with E-state index in [-0.39, 0.29) is 12.4 Å². The van der Waals surface area contributed by atoms with E-state index in [4.69, 9.17) is 5.73 Å². The van der Waals surface area contributed by atoms with Crippen LogP contribution in [0, 0.1) is 0 Å². The molecule has 3 heteroatoms. The van der Waals surface area contributed by atoms with Gasteiger partial charge in [0.25, 0.3) is 0 Å². The van der Waals surface area contributed by atoms with Gasteiger partial charge >= 0.3 is 0 Å². The average Bonchev–Trinajstić information content (AvgIpc) is 2.78. The second-order valence-electron chi connectivity index (χ2n) is 4.34. The number of nitrogens with zero attached hydrogens (tertiary/aromatic N) is 1. The van der Waals surface area contributed by atoms with Crippen LogP contribution in [0.15, 0.2) is 36.4 Å². The number of likely N-dealkylation sites (tertiary alicyclic amines) is 1. The molecule has 1 heterocycles. The van der Waals surface area contributed by atoms with E-state index in [1.807, 2.05) is 6.07 Å². The van der Waals surface area contributed by atoms with Gasteiger partial charge < -0.3 is 5.73 Å². The summed E-state index contributed by atoms with van der Waals surface area (Å²) in [7, 11) is 0. The van der Waals surface area contributed by atoms with E-state index in [0.717, 1.165) is 13.1 Å². The highest BCUT2D eigenvalue weighted by atomic mass is 35.5. The van der Waals surface area contributed by atoms with Crippen LogP contribution in [0.4, 0.5) is 0 Å². The summed E-state index contributed by atoms with van der Waals surface area (Å²) in [6.07, 6.45) is 6.98. The number of hydrogen-bond acceptors (Lipinski definition) is 2. The highest BCUT2D eigenvalue weighted by Crippen LogP contribution is 2.15. The summed E-state index contributed by atoms with van der Waals surface area (Å²) in [5.41, 5.74) is 7.01. The molecule has 1 atom stereocenters. The topological polar surface area (TPSA) is 29.3 Å². The lowest BCUT2D eigenvalue weighted by Crippen LogP contribution is -2.35. The first-order valence-electron chi connectivity index (χ1n) is 6.06. The first-order valence-corrected chi connectivity index (χ1v) is 6.06. The maximum absolute atomic E-state index is 5.74. The molecule has 2 nitrogen and oxygen atoms in total. The number of hydrogen-bond donors (Lipinski definition) is 1. The summed E-state index contributed by atoms with van der Waals surface area (Å²) in [5, 5.41) is 0. The van der Waals surface area contributed by atoms with Gasteiger partial charge in [-0.15, -0.1) is 12.4 Å². The minimum absolute atomic E-state index is 0. The zero-order chi connectivity index (χ0) is 11.2. The summed E-state index contributed by atoms with van der Waals surface area (Å²) in [6.45, 7) is 3.01. The second-order valence-corrected chi connectivity index (χ2v) is 4.34. The molecule has 1 aliphatic rings. The van der Waals surface area contributed by atoms with Crippen LogP contribution in [-0.2, 0) is 0 Å². The fourth-order valence-electron chi connectivity index (χ4n) is 2.29. The van der Waals surface area contributed by atoms with Crippen molar-refractivity contribution in [2.75, 3.05) is 19.6 Å². The maximum Gasteiger partial charge on any atom is 0.0222 e. The van der Waals surface area contributed by atoms with Gasteiger partial charge in [0, 0.05) is 19.1 Å². The summed E-state index contributed by atoms with van der Waals surface area (Å²) in [5.74, 6) is 0. The molecule has 0 aliphatic carbocycles. The number of benzene rings is 1. The summed E-state index contributed by atoms with van der Waals surface area (Å²) in [4.78, 5) is 2.47. The molecule has 2 rings (SSSR count). The molecule has 1 aromatic rings. The van der Waals surface area contributed by atoms with Crippen molar-refractivity contribution in [3.63, 3.8) is 0 Å². The fraction of sp³-hybridized carbons (Fsp3) is 0.429. The Bertz CT molecular complexity index is 337. The molecule has 0 aromatic heterocycles. The summed E-state index contributed by atoms with van der Waals surface area (Å²) >= 11 is 0. The third-order valence-corrected chi connectivity index (χ3v) is 3.22. The molecule has 2 N–H and O–H groups in total. The molecule has 1 saturated heterocycles. The Morgan fingerprint density at radius 2 is 2.06 bits per heavy atom. The highest BCUT2D eigenvalue weighted by molar-refractivity contribution is 5.85. The van der Waals surface area contributed by atoms with Crippen LogP contribution in [0.2, 0.25) is 0 Å². The third-order valence-electron chi connectivity index (χ3n) is 3.22. The van der Waals surface area contributed by atoms with E-state index in [1.165, 1.54) is 24.9 Å². The lowest BCUT2D eigenvalue weighted by atomic mass is 10.2. The minimum Gasteiger partial charge on any atom is -0.329 e. The van der Waals surface area contributed by atoms with Crippen LogP contribution >= 0.6 is 12.4 Å². The first-order chi connectivity index (χ1) is 7.90. The fourth-order valence-corrected chi connectivity index (χ4v) is 2.29. The molecule has 0 bridgehead atoms. The van der Waals surface area contributed by atoms with Crippen molar-refractivity contribution < 1.29 is 0 Å². The molecule has 0 spiro atoms. The van der Waals surface area contributed by atoms with Crippen LogP contribution in [0.3, 0.4) is 0 Å². The molecule has 1 aromatic carbocycles. The zero-order valence-corrected chi connectivity index (χ0v) is 10.9. The van der Waals surface area contributed by atoms with Crippen LogP contribution < -0.4 is 5.73 Å². The maximum atomic E-state index is 5.74. The predicted octanol–water partition coefficient (Wildman–Crippen LogP) is 2.54. The Morgan fingerprint density at radius 3 is 2.76 bits per heavy atom. The standard InChI is InChI=1S/C14H20N2.ClH/c15-12-14-9-5-11-16(14)10-4-8-13-6-2-1-3-7-13;/h1-4,6-8,14H,5,9-12,15H2;1H/b8-4+;. The molecular formula is C14H21ClN2. The first kappa shape index (κ1) is 14.2. The second kappa shape index (κ2) is 7.49. The lowest BCUT2D eigenvalue weighted by Gasteiger charge is -2.20. The van der Waals surface area contributed by atoms with E-state index in [0.29, 0.717) is 6.04 Å². The normalized spacial score (nSPS) is 20.6. The molecule has 1 unspecified atom stereocenters. The van der Waals surface area contributed by atoms with Gasteiger partial charge in [0.15, 0.2) is 0 Å². The van der Waals surface area contributed by atoms with Crippen molar-refractivity contribution in [1.82, 2.24) is 4.90 Å². The van der Waals surface area contributed by atoms with Crippen LogP contribution in [0.25, 0.3) is 6.08 Å². The molecule has 17 heavy (non-hydrogen) atoms. The van der Waals surface area contributed by atoms with Crippen LogP contribution in [-0.4, -0.2) is 30.6 Å². The Morgan fingerprint density at radius 1 is 1.29 bits per heavy atom. The summed E-state index contributed by atoms with van der Waals surface area (Å²) in [6, 6.07) is 11.0. The van der Waals surface area contributed by atoms with E-state index >= 15 is 0 Å². The summed E-state index contributed by atoms with van der Waals surface area (Å²) < 4.78 is 0. The molecule has 1 aliphatic heterocycles. The molecule has 94 valence electrons. The van der Waals surface area contributed by atoms with Gasteiger partial charge in [-0.1, -0.05) is 42.5 Å². The Hall–Kier alpha value is -0.830. The van der Waals surface area contributed by atoms with Gasteiger partial charge in [0.1, 0.15) is 0 Å². The largest absolute Gasteiger partial charge is 0.329 e. The van der Waals surface area contributed by atoms with Gasteiger partial charge in [0.2, 0.25) is 0 Å². The quantitative estimate of drug-likeness (QED) is 0.893. The predicted molar refractivity (Wildman–Crippen MR) is 76.4 cm³/mol. The van der Waals surface area contributed by atoms with Crippen molar-refractivity contribution in [2.24, 2.45) is 5.73 Å². The van der Waals surface area contributed by atoms with Gasteiger partial charge in [0.05, 0.1) is 0 Å². The van der Waals surface area contributed by atoms with Gasteiger partial charge in [-0.3, -0.25) is 4.90 Å². The van der Waals surface area contributed by atoms with Crippen molar-refractivity contribution >= 4 is 18.5 Å². The van der Waals surface area contributed by atoms with E-state index in [1.54, 1.807) is 0 Å². The van der Waals surface area contributed by atoms with Crippen LogP contribution in [0.1, 0.15) is 18.4 Å². The molecule has 0 radical (unpaired) electrons. The highest BCUT2D eigenvalue weighted by Gasteiger charge is 2.21. The zero-order valence-electron chi connectivity index (χ0n) is 10.1. The SMILES string of the molecule is Cl.NCC1CCCN1C/C=C/c1ccccc1. The van der Waals surface area contributed by atoms with E-state index < -0.39 is 0 Å². The smallest absolute Gasteiger partial charge is 0.0222 e. The Labute approximate surface area is 110 Å². The minimum atomic E-state index is 0. The molecule has 1 fully saturated rings. The average molecular weight is 253 g/mol. The van der Waals surface area contributed by atoms with Crippen molar-refractivity contribution in [1.29, 1.82) is 0 Å². The van der Waals surface area contributed by atoms with Gasteiger partial charge in [-0.25, -0.2) is 0 Å². The lowest BCUT2D eigenvalue weighted by molar-refractivity contribution is 0.286. The number of halogens is 1. The number of nitrogens with two attached hydrogens (primary N) is 1.